The Balaban J connectivity index is 3.44. The summed E-state index contributed by atoms with van der Waals surface area (Å²) in [6.07, 6.45) is 87.5. The molecule has 0 aliphatic carbocycles. The normalized spacial score (nSPS) is 12.8. The smallest absolute Gasteiger partial charge is 0.305 e. The maximum absolute atomic E-state index is 12.5. The molecule has 6 nitrogen and oxygen atoms in total. The summed E-state index contributed by atoms with van der Waals surface area (Å²) >= 11 is 0. The number of carbonyl (C=O) groups is 2. The number of aliphatic hydroxyl groups is 2. The van der Waals surface area contributed by atoms with Gasteiger partial charge in [0.2, 0.25) is 5.91 Å². The summed E-state index contributed by atoms with van der Waals surface area (Å²) in [5, 5.41) is 23.2. The van der Waals surface area contributed by atoms with Crippen LogP contribution in [0.5, 0.6) is 0 Å². The summed E-state index contributed by atoms with van der Waals surface area (Å²) in [5.74, 6) is -0.0639. The van der Waals surface area contributed by atoms with E-state index in [4.69, 9.17) is 4.74 Å². The Morgan fingerprint density at radius 3 is 0.987 bits per heavy atom. The van der Waals surface area contributed by atoms with E-state index >= 15 is 0 Å². The van der Waals surface area contributed by atoms with Crippen LogP contribution >= 0.6 is 0 Å². The maximum Gasteiger partial charge on any atom is 0.305 e. The first kappa shape index (κ1) is 75.8. The highest BCUT2D eigenvalue weighted by atomic mass is 16.5. The Morgan fingerprint density at radius 1 is 0.359 bits per heavy atom. The van der Waals surface area contributed by atoms with Crippen molar-refractivity contribution in [2.75, 3.05) is 13.2 Å². The minimum Gasteiger partial charge on any atom is -0.466 e. The molecule has 2 atom stereocenters. The molecule has 0 saturated heterocycles. The van der Waals surface area contributed by atoms with Gasteiger partial charge in [0.05, 0.1) is 25.4 Å². The van der Waals surface area contributed by atoms with Crippen molar-refractivity contribution in [3.63, 3.8) is 0 Å². The lowest BCUT2D eigenvalue weighted by molar-refractivity contribution is -0.143. The Morgan fingerprint density at radius 2 is 0.641 bits per heavy atom. The third-order valence-electron chi connectivity index (χ3n) is 16.1. The molecule has 2 unspecified atom stereocenters. The van der Waals surface area contributed by atoms with Crippen molar-refractivity contribution < 1.29 is 24.5 Å². The predicted molar refractivity (Wildman–Crippen MR) is 342 cm³/mol. The summed E-state index contributed by atoms with van der Waals surface area (Å²) in [7, 11) is 0. The summed E-state index contributed by atoms with van der Waals surface area (Å²) in [6.45, 7) is 4.92. The van der Waals surface area contributed by atoms with E-state index in [9.17, 15) is 19.8 Å². The number of hydrogen-bond acceptors (Lipinski definition) is 5. The summed E-state index contributed by atoms with van der Waals surface area (Å²) in [6, 6.07) is -0.634. The zero-order valence-electron chi connectivity index (χ0n) is 52.4. The van der Waals surface area contributed by atoms with Gasteiger partial charge >= 0.3 is 5.97 Å². The van der Waals surface area contributed by atoms with Gasteiger partial charge < -0.3 is 20.3 Å². The molecule has 78 heavy (non-hydrogen) atoms. The molecule has 0 aromatic carbocycles. The third-order valence-corrected chi connectivity index (χ3v) is 16.1. The molecule has 0 bridgehead atoms. The number of hydrogen-bond donors (Lipinski definition) is 3. The molecule has 0 rings (SSSR count). The Labute approximate surface area is 486 Å². The van der Waals surface area contributed by atoms with Crippen molar-refractivity contribution in [1.29, 1.82) is 0 Å². The highest BCUT2D eigenvalue weighted by Crippen LogP contribution is 2.18. The number of amides is 1. The van der Waals surface area contributed by atoms with Gasteiger partial charge in [0.25, 0.3) is 0 Å². The lowest BCUT2D eigenvalue weighted by Crippen LogP contribution is -2.45. The average Bonchev–Trinajstić information content (AvgIpc) is 3.44. The monoisotopic (exact) mass is 1090 g/mol. The fourth-order valence-electron chi connectivity index (χ4n) is 10.7. The van der Waals surface area contributed by atoms with Crippen LogP contribution in [0.3, 0.4) is 0 Å². The van der Waals surface area contributed by atoms with E-state index in [1.165, 1.54) is 295 Å². The van der Waals surface area contributed by atoms with E-state index in [1.54, 1.807) is 6.08 Å². The molecule has 0 aliphatic heterocycles. The summed E-state index contributed by atoms with van der Waals surface area (Å²) in [4.78, 5) is 24.6. The van der Waals surface area contributed by atoms with Crippen LogP contribution in [0.15, 0.2) is 48.6 Å². The van der Waals surface area contributed by atoms with Gasteiger partial charge in [-0.25, -0.2) is 0 Å². The third kappa shape index (κ3) is 63.0. The minimum absolute atomic E-state index is 0.00831. The van der Waals surface area contributed by atoms with E-state index in [-0.39, 0.29) is 18.5 Å². The quantitative estimate of drug-likeness (QED) is 0.0320. The molecule has 0 saturated carbocycles. The van der Waals surface area contributed by atoms with Crippen molar-refractivity contribution in [3.05, 3.63) is 48.6 Å². The number of ether oxygens (including phenoxy) is 1. The summed E-state index contributed by atoms with van der Waals surface area (Å²) < 4.78 is 5.50. The molecule has 0 aliphatic rings. The van der Waals surface area contributed by atoms with Crippen LogP contribution in [0.1, 0.15) is 373 Å². The number of unbranched alkanes of at least 4 members (excludes halogenated alkanes) is 48. The summed E-state index contributed by atoms with van der Waals surface area (Å²) in [5.41, 5.74) is 0. The van der Waals surface area contributed by atoms with Gasteiger partial charge in [0.1, 0.15) is 0 Å². The topological polar surface area (TPSA) is 95.9 Å². The molecular weight excluding hydrogens is 959 g/mol. The Hall–Kier alpha value is -2.18. The number of carbonyl (C=O) groups excluding carboxylic acids is 2. The molecule has 6 heteroatoms. The van der Waals surface area contributed by atoms with Gasteiger partial charge in [-0.2, -0.15) is 0 Å². The van der Waals surface area contributed by atoms with Crippen molar-refractivity contribution in [1.82, 2.24) is 5.32 Å². The lowest BCUT2D eigenvalue weighted by atomic mass is 10.0. The fourth-order valence-corrected chi connectivity index (χ4v) is 10.7. The molecule has 0 radical (unpaired) electrons. The first-order chi connectivity index (χ1) is 38.5. The van der Waals surface area contributed by atoms with Crippen LogP contribution in [0.25, 0.3) is 0 Å². The van der Waals surface area contributed by atoms with Gasteiger partial charge in [-0.15, -0.1) is 0 Å². The van der Waals surface area contributed by atoms with E-state index < -0.39 is 12.1 Å². The van der Waals surface area contributed by atoms with Crippen molar-refractivity contribution in [2.45, 2.75) is 386 Å². The van der Waals surface area contributed by atoms with Crippen LogP contribution < -0.4 is 5.32 Å². The number of allylic oxidation sites excluding steroid dienone is 7. The van der Waals surface area contributed by atoms with Gasteiger partial charge in [0.15, 0.2) is 0 Å². The average molecular weight is 1090 g/mol. The SMILES string of the molecule is CCCCCCCC/C=C\CCCCCCCCCCCC(=O)OCCCCCCCCCCC/C=C\C/C=C\CCCCCCCCCCCC(=O)NC(CO)C(O)/C=C/CCCCCCCCCCCCCCCCC. The number of esters is 1. The zero-order chi connectivity index (χ0) is 56.4. The van der Waals surface area contributed by atoms with Gasteiger partial charge in [-0.1, -0.05) is 319 Å². The molecule has 0 heterocycles. The van der Waals surface area contributed by atoms with Crippen molar-refractivity contribution >= 4 is 11.9 Å². The van der Waals surface area contributed by atoms with E-state index in [0.29, 0.717) is 19.4 Å². The van der Waals surface area contributed by atoms with Crippen LogP contribution in [0.4, 0.5) is 0 Å². The van der Waals surface area contributed by atoms with Gasteiger partial charge in [0, 0.05) is 12.8 Å². The maximum atomic E-state index is 12.5. The van der Waals surface area contributed by atoms with Gasteiger partial charge in [-0.3, -0.25) is 9.59 Å². The van der Waals surface area contributed by atoms with Gasteiger partial charge in [-0.05, 0) is 89.9 Å². The molecule has 1 amide bonds. The van der Waals surface area contributed by atoms with Crippen LogP contribution in [0, 0.1) is 0 Å². The molecule has 0 aromatic rings. The number of nitrogens with one attached hydrogen (secondary N) is 1. The molecule has 0 fully saturated rings. The molecule has 458 valence electrons. The highest BCUT2D eigenvalue weighted by Gasteiger charge is 2.18. The van der Waals surface area contributed by atoms with E-state index in [1.807, 2.05) is 6.08 Å². The highest BCUT2D eigenvalue weighted by molar-refractivity contribution is 5.76. The second-order valence-corrected chi connectivity index (χ2v) is 23.9. The molecule has 0 aromatic heterocycles. The van der Waals surface area contributed by atoms with Crippen LogP contribution in [0.2, 0.25) is 0 Å². The van der Waals surface area contributed by atoms with Crippen molar-refractivity contribution in [3.8, 4) is 0 Å². The second kappa shape index (κ2) is 67.3. The molecule has 3 N–H and O–H groups in total. The minimum atomic E-state index is -0.850. The lowest BCUT2D eigenvalue weighted by Gasteiger charge is -2.20. The second-order valence-electron chi connectivity index (χ2n) is 23.9. The standard InChI is InChI=1S/C72H135NO5/c1-3-5-7-9-11-13-15-17-19-21-29-34-38-42-46-50-54-58-62-66-72(77)78-67-63-59-55-51-47-43-39-35-31-28-26-24-22-23-25-27-30-33-37-41-45-49-53-57-61-65-71(76)73-69(68-74)70(75)64-60-56-52-48-44-40-36-32-20-18-16-14-12-10-8-6-4-2/h17,19,23-26,60,64,69-70,74-75H,3-16,18,20-22,27-59,61-63,65-68H2,1-2H3,(H,73,76)/b19-17-,25-23-,26-24-,64-60+. The van der Waals surface area contributed by atoms with Crippen LogP contribution in [-0.2, 0) is 14.3 Å². The van der Waals surface area contributed by atoms with E-state index in [0.717, 1.165) is 51.4 Å². The van der Waals surface area contributed by atoms with Crippen LogP contribution in [-0.4, -0.2) is 47.4 Å². The van der Waals surface area contributed by atoms with Crippen molar-refractivity contribution in [2.24, 2.45) is 0 Å². The number of rotatable bonds is 65. The Kier molecular flexibility index (Phi) is 65.4. The van der Waals surface area contributed by atoms with E-state index in [2.05, 4.69) is 55.6 Å². The largest absolute Gasteiger partial charge is 0.466 e. The molecule has 0 spiro atoms. The number of aliphatic hydroxyl groups excluding tert-OH is 2. The molecular formula is C72H135NO5. The zero-order valence-corrected chi connectivity index (χ0v) is 52.4. The predicted octanol–water partition coefficient (Wildman–Crippen LogP) is 22.5. The first-order valence-electron chi connectivity index (χ1n) is 34.9. The fraction of sp³-hybridized carbons (Fsp3) is 0.861. The first-order valence-corrected chi connectivity index (χ1v) is 34.9. The Bertz CT molecular complexity index is 1310.